The molecular formula is C22H22F2N4O2. The van der Waals surface area contributed by atoms with Gasteiger partial charge < -0.3 is 10.3 Å². The summed E-state index contributed by atoms with van der Waals surface area (Å²) in [6.45, 7) is 1.81. The number of aromatic amines is 1. The first-order valence-corrected chi connectivity index (χ1v) is 9.81. The molecule has 0 bridgehead atoms. The lowest BCUT2D eigenvalue weighted by Crippen LogP contribution is -2.52. The van der Waals surface area contributed by atoms with E-state index in [1.54, 1.807) is 17.9 Å². The van der Waals surface area contributed by atoms with E-state index in [0.717, 1.165) is 10.9 Å². The Balaban J connectivity index is 1.48. The van der Waals surface area contributed by atoms with E-state index in [0.29, 0.717) is 11.4 Å². The number of carbonyl (C=O) groups excluding carboxylic acids is 1. The van der Waals surface area contributed by atoms with Crippen molar-refractivity contribution in [3.05, 3.63) is 70.6 Å². The lowest BCUT2D eigenvalue weighted by Gasteiger charge is -2.40. The molecule has 0 unspecified atom stereocenters. The summed E-state index contributed by atoms with van der Waals surface area (Å²) in [7, 11) is 0. The van der Waals surface area contributed by atoms with Gasteiger partial charge in [0.2, 0.25) is 11.5 Å². The first-order valence-electron chi connectivity index (χ1n) is 9.81. The predicted molar refractivity (Wildman–Crippen MR) is 111 cm³/mol. The van der Waals surface area contributed by atoms with E-state index >= 15 is 0 Å². The number of amides is 1. The summed E-state index contributed by atoms with van der Waals surface area (Å²) in [5.41, 5.74) is 0.775. The van der Waals surface area contributed by atoms with Crippen molar-refractivity contribution in [1.82, 2.24) is 14.9 Å². The SMILES string of the molecule is C[C@@H](C(=O)Nc1ccc2ccccc2n1)N1CCC(F)(F)[C@@H](c2ccc(=O)[nH]c2)C1. The van der Waals surface area contributed by atoms with Gasteiger partial charge in [0.25, 0.3) is 5.92 Å². The Labute approximate surface area is 171 Å². The van der Waals surface area contributed by atoms with Gasteiger partial charge in [0.15, 0.2) is 0 Å². The molecule has 1 aliphatic heterocycles. The van der Waals surface area contributed by atoms with Gasteiger partial charge in [-0.1, -0.05) is 24.3 Å². The third-order valence-electron chi connectivity index (χ3n) is 5.65. The molecule has 156 valence electrons. The molecule has 6 nitrogen and oxygen atoms in total. The van der Waals surface area contributed by atoms with Crippen LogP contribution in [-0.2, 0) is 4.79 Å². The summed E-state index contributed by atoms with van der Waals surface area (Å²) in [4.78, 5) is 32.7. The average Bonchev–Trinajstić information content (AvgIpc) is 2.74. The lowest BCUT2D eigenvalue weighted by atomic mass is 9.87. The number of rotatable bonds is 4. The summed E-state index contributed by atoms with van der Waals surface area (Å²) in [6, 6.07) is 13.2. The number of H-pyrrole nitrogens is 1. The van der Waals surface area contributed by atoms with Crippen LogP contribution in [0.15, 0.2) is 59.5 Å². The zero-order chi connectivity index (χ0) is 21.3. The Morgan fingerprint density at radius 1 is 1.23 bits per heavy atom. The van der Waals surface area contributed by atoms with Gasteiger partial charge in [-0.25, -0.2) is 13.8 Å². The van der Waals surface area contributed by atoms with Gasteiger partial charge in [-0.2, -0.15) is 0 Å². The number of nitrogens with one attached hydrogen (secondary N) is 2. The van der Waals surface area contributed by atoms with E-state index in [9.17, 15) is 18.4 Å². The van der Waals surface area contributed by atoms with Gasteiger partial charge in [-0.3, -0.25) is 14.5 Å². The van der Waals surface area contributed by atoms with Crippen LogP contribution in [0, 0.1) is 0 Å². The molecule has 0 aliphatic carbocycles. The molecule has 30 heavy (non-hydrogen) atoms. The molecule has 2 aromatic heterocycles. The molecule has 1 amide bonds. The highest BCUT2D eigenvalue weighted by Gasteiger charge is 2.46. The minimum Gasteiger partial charge on any atom is -0.329 e. The van der Waals surface area contributed by atoms with E-state index in [1.165, 1.54) is 18.3 Å². The maximum atomic E-state index is 14.6. The Morgan fingerprint density at radius 3 is 2.80 bits per heavy atom. The van der Waals surface area contributed by atoms with Gasteiger partial charge in [-0.15, -0.1) is 0 Å². The summed E-state index contributed by atoms with van der Waals surface area (Å²) in [6.07, 6.45) is 0.969. The average molecular weight is 412 g/mol. The molecule has 1 fully saturated rings. The van der Waals surface area contributed by atoms with Crippen LogP contribution in [0.4, 0.5) is 14.6 Å². The smallest absolute Gasteiger partial charge is 0.257 e. The van der Waals surface area contributed by atoms with Crippen LogP contribution in [0.3, 0.4) is 0 Å². The number of carbonyl (C=O) groups is 1. The number of hydrogen-bond donors (Lipinski definition) is 2. The van der Waals surface area contributed by atoms with Crippen LogP contribution in [0.1, 0.15) is 24.8 Å². The van der Waals surface area contributed by atoms with Gasteiger partial charge in [0.1, 0.15) is 5.82 Å². The quantitative estimate of drug-likeness (QED) is 0.689. The lowest BCUT2D eigenvalue weighted by molar-refractivity contribution is -0.125. The third kappa shape index (κ3) is 4.09. The third-order valence-corrected chi connectivity index (χ3v) is 5.65. The minimum atomic E-state index is -2.91. The van der Waals surface area contributed by atoms with Crippen molar-refractivity contribution in [3.8, 4) is 0 Å². The van der Waals surface area contributed by atoms with E-state index in [-0.39, 0.29) is 31.0 Å². The Bertz CT molecular complexity index is 1110. The molecule has 0 saturated carbocycles. The molecule has 3 aromatic rings. The Kier molecular flexibility index (Phi) is 5.34. The fourth-order valence-electron chi connectivity index (χ4n) is 3.80. The van der Waals surface area contributed by atoms with Crippen molar-refractivity contribution in [2.75, 3.05) is 18.4 Å². The summed E-state index contributed by atoms with van der Waals surface area (Å²) < 4.78 is 29.1. The highest BCUT2D eigenvalue weighted by molar-refractivity contribution is 5.94. The second-order valence-corrected chi connectivity index (χ2v) is 7.60. The first kappa shape index (κ1) is 20.2. The summed E-state index contributed by atoms with van der Waals surface area (Å²) >= 11 is 0. The molecule has 1 aromatic carbocycles. The Hall–Kier alpha value is -3.13. The second kappa shape index (κ2) is 7.95. The highest BCUT2D eigenvalue weighted by Crippen LogP contribution is 2.40. The summed E-state index contributed by atoms with van der Waals surface area (Å²) in [5, 5.41) is 3.75. The monoisotopic (exact) mass is 412 g/mol. The summed E-state index contributed by atoms with van der Waals surface area (Å²) in [5.74, 6) is -3.89. The number of anilines is 1. The second-order valence-electron chi connectivity index (χ2n) is 7.60. The van der Waals surface area contributed by atoms with Crippen LogP contribution in [0.2, 0.25) is 0 Å². The van der Waals surface area contributed by atoms with Crippen molar-refractivity contribution >= 4 is 22.6 Å². The predicted octanol–water partition coefficient (Wildman–Crippen LogP) is 3.37. The number of halogens is 2. The van der Waals surface area contributed by atoms with E-state index in [1.807, 2.05) is 30.3 Å². The van der Waals surface area contributed by atoms with Gasteiger partial charge in [0, 0.05) is 37.2 Å². The molecule has 2 N–H and O–H groups in total. The molecule has 1 aliphatic rings. The molecule has 8 heteroatoms. The number of likely N-dealkylation sites (tertiary alicyclic amines) is 1. The van der Waals surface area contributed by atoms with E-state index < -0.39 is 17.9 Å². The molecule has 0 radical (unpaired) electrons. The van der Waals surface area contributed by atoms with Crippen molar-refractivity contribution in [2.24, 2.45) is 0 Å². The molecule has 2 atom stereocenters. The molecule has 1 saturated heterocycles. The van der Waals surface area contributed by atoms with Crippen molar-refractivity contribution in [2.45, 2.75) is 31.2 Å². The largest absolute Gasteiger partial charge is 0.329 e. The number of pyridine rings is 2. The maximum absolute atomic E-state index is 14.6. The minimum absolute atomic E-state index is 0.0127. The zero-order valence-corrected chi connectivity index (χ0v) is 16.4. The van der Waals surface area contributed by atoms with Crippen LogP contribution in [-0.4, -0.2) is 45.8 Å². The number of hydrogen-bond acceptors (Lipinski definition) is 4. The molecular weight excluding hydrogens is 390 g/mol. The van der Waals surface area contributed by atoms with E-state index in [2.05, 4.69) is 15.3 Å². The fraction of sp³-hybridized carbons (Fsp3) is 0.318. The molecule has 4 rings (SSSR count). The molecule has 3 heterocycles. The number of nitrogens with zero attached hydrogens (tertiary/aromatic N) is 2. The fourth-order valence-corrected chi connectivity index (χ4v) is 3.80. The van der Waals surface area contributed by atoms with Gasteiger partial charge in [0.05, 0.1) is 17.5 Å². The van der Waals surface area contributed by atoms with Gasteiger partial charge >= 0.3 is 0 Å². The first-order chi connectivity index (χ1) is 14.3. The van der Waals surface area contributed by atoms with Crippen LogP contribution < -0.4 is 10.9 Å². The van der Waals surface area contributed by atoms with Crippen molar-refractivity contribution in [1.29, 1.82) is 0 Å². The number of aromatic nitrogens is 2. The van der Waals surface area contributed by atoms with Crippen LogP contribution in [0.25, 0.3) is 10.9 Å². The number of benzene rings is 1. The maximum Gasteiger partial charge on any atom is 0.257 e. The van der Waals surface area contributed by atoms with Crippen molar-refractivity contribution < 1.29 is 13.6 Å². The normalized spacial score (nSPS) is 20.0. The number of alkyl halides is 2. The standard InChI is InChI=1S/C22H22F2N4O2/c1-14(21(30)27-19-8-6-15-4-2-3-5-18(15)26-19)28-11-10-22(23,24)17(13-28)16-7-9-20(29)25-12-16/h2-9,12,14,17H,10-11,13H2,1H3,(H,25,29)(H,26,27,30)/t14-,17+/m0/s1. The van der Waals surface area contributed by atoms with Crippen LogP contribution >= 0.6 is 0 Å². The number of piperidine rings is 1. The zero-order valence-electron chi connectivity index (χ0n) is 16.4. The van der Waals surface area contributed by atoms with Gasteiger partial charge in [-0.05, 0) is 30.7 Å². The number of para-hydroxylation sites is 1. The topological polar surface area (TPSA) is 78.1 Å². The number of fused-ring (bicyclic) bond motifs is 1. The Morgan fingerprint density at radius 2 is 2.03 bits per heavy atom. The van der Waals surface area contributed by atoms with Crippen molar-refractivity contribution in [3.63, 3.8) is 0 Å². The molecule has 0 spiro atoms. The van der Waals surface area contributed by atoms with E-state index in [4.69, 9.17) is 0 Å². The van der Waals surface area contributed by atoms with Crippen LogP contribution in [0.5, 0.6) is 0 Å². The highest BCUT2D eigenvalue weighted by atomic mass is 19.3.